The van der Waals surface area contributed by atoms with Crippen molar-refractivity contribution in [1.82, 2.24) is 14.0 Å². The van der Waals surface area contributed by atoms with E-state index in [1.807, 2.05) is 32.9 Å². The van der Waals surface area contributed by atoms with Gasteiger partial charge in [0, 0.05) is 30.0 Å². The minimum absolute atomic E-state index is 0.0757. The Bertz CT molecular complexity index is 1260. The summed E-state index contributed by atoms with van der Waals surface area (Å²) in [6, 6.07) is 7.75. The molecule has 1 aliphatic rings. The molecule has 3 N–H and O–H groups in total. The van der Waals surface area contributed by atoms with Crippen molar-refractivity contribution in [3.8, 4) is 11.3 Å². The lowest BCUT2D eigenvalue weighted by Crippen LogP contribution is -2.43. The minimum atomic E-state index is -3.85. The second-order valence-electron chi connectivity index (χ2n) is 13.8. The molecule has 40 heavy (non-hydrogen) atoms. The molecule has 1 atom stereocenters. The summed E-state index contributed by atoms with van der Waals surface area (Å²) in [5.41, 5.74) is 1.69. The van der Waals surface area contributed by atoms with Gasteiger partial charge in [0.05, 0.1) is 22.5 Å². The maximum atomic E-state index is 13.5. The van der Waals surface area contributed by atoms with Gasteiger partial charge in [-0.05, 0) is 95.0 Å². The van der Waals surface area contributed by atoms with Crippen LogP contribution in [0.3, 0.4) is 0 Å². The van der Waals surface area contributed by atoms with E-state index in [-0.39, 0.29) is 22.4 Å². The molecule has 1 aromatic heterocycles. The third-order valence-corrected chi connectivity index (χ3v) is 11.0. The van der Waals surface area contributed by atoms with Crippen LogP contribution < -0.4 is 9.44 Å². The van der Waals surface area contributed by atoms with E-state index in [2.05, 4.69) is 47.8 Å². The Balaban J connectivity index is 2.14. The highest BCUT2D eigenvalue weighted by Gasteiger charge is 2.32. The molecule has 1 aromatic carbocycles. The number of nitrogens with one attached hydrogen (secondary N) is 2. The van der Waals surface area contributed by atoms with Crippen LogP contribution in [0.15, 0.2) is 34.1 Å². The lowest BCUT2D eigenvalue weighted by Gasteiger charge is -2.29. The molecule has 1 unspecified atom stereocenters. The van der Waals surface area contributed by atoms with Gasteiger partial charge in [0.2, 0.25) is 10.0 Å². The molecule has 1 fully saturated rings. The predicted molar refractivity (Wildman–Crippen MR) is 165 cm³/mol. The Morgan fingerprint density at radius 1 is 1.05 bits per heavy atom. The normalized spacial score (nSPS) is 16.9. The first-order valence-corrected chi connectivity index (χ1v) is 17.2. The van der Waals surface area contributed by atoms with E-state index in [1.165, 1.54) is 19.3 Å². The number of aliphatic hydroxyl groups is 1. The van der Waals surface area contributed by atoms with E-state index in [0.717, 1.165) is 47.5 Å². The highest BCUT2D eigenvalue weighted by Crippen LogP contribution is 2.37. The molecule has 0 bridgehead atoms. The Morgan fingerprint density at radius 2 is 1.68 bits per heavy atom. The van der Waals surface area contributed by atoms with E-state index in [9.17, 15) is 18.1 Å². The van der Waals surface area contributed by atoms with Crippen molar-refractivity contribution in [1.29, 1.82) is 0 Å². The molecule has 0 saturated heterocycles. The fourth-order valence-corrected chi connectivity index (χ4v) is 8.14. The maximum absolute atomic E-state index is 13.5. The summed E-state index contributed by atoms with van der Waals surface area (Å²) in [7, 11) is -3.85. The van der Waals surface area contributed by atoms with Gasteiger partial charge in [0.25, 0.3) is 0 Å². The SMILES string of the molecule is CCC(C)(C)N[S+]([O-])c1ccc(-c2cc(S(=O)(=O)NCC(C)(C)O)c(C)n2CC2CCCCC2)cc1C(C)(C)C. The first kappa shape index (κ1) is 33.1. The van der Waals surface area contributed by atoms with Gasteiger partial charge in [-0.2, -0.15) is 0 Å². The van der Waals surface area contributed by atoms with E-state index in [4.69, 9.17) is 0 Å². The second kappa shape index (κ2) is 12.5. The molecule has 9 heteroatoms. The zero-order valence-electron chi connectivity index (χ0n) is 26.0. The Hall–Kier alpha value is -1.36. The van der Waals surface area contributed by atoms with Gasteiger partial charge >= 0.3 is 0 Å². The van der Waals surface area contributed by atoms with Gasteiger partial charge in [-0.15, -0.1) is 4.72 Å². The number of hydrogen-bond donors (Lipinski definition) is 3. The van der Waals surface area contributed by atoms with Crippen LogP contribution in [0.25, 0.3) is 11.3 Å². The Kier molecular flexibility index (Phi) is 10.3. The van der Waals surface area contributed by atoms with E-state index >= 15 is 0 Å². The molecule has 1 aliphatic carbocycles. The molecule has 1 saturated carbocycles. The zero-order valence-corrected chi connectivity index (χ0v) is 27.6. The Morgan fingerprint density at radius 3 is 2.23 bits per heavy atom. The van der Waals surface area contributed by atoms with Crippen LogP contribution in [-0.4, -0.2) is 40.3 Å². The molecule has 7 nitrogen and oxygen atoms in total. The van der Waals surface area contributed by atoms with Gasteiger partial charge in [0.15, 0.2) is 4.90 Å². The summed E-state index contributed by atoms with van der Waals surface area (Å²) < 4.78 is 48.4. The van der Waals surface area contributed by atoms with Crippen LogP contribution in [-0.2, 0) is 33.3 Å². The molecule has 0 radical (unpaired) electrons. The molecule has 3 rings (SSSR count). The van der Waals surface area contributed by atoms with E-state index < -0.39 is 27.0 Å². The third-order valence-electron chi connectivity index (χ3n) is 8.01. The number of rotatable bonds is 11. The lowest BCUT2D eigenvalue weighted by molar-refractivity contribution is 0.0857. The molecule has 0 spiro atoms. The fraction of sp³-hybridized carbons (Fsp3) is 0.677. The summed E-state index contributed by atoms with van der Waals surface area (Å²) in [5, 5.41) is 10.2. The van der Waals surface area contributed by atoms with Crippen molar-refractivity contribution >= 4 is 21.4 Å². The van der Waals surface area contributed by atoms with Crippen molar-refractivity contribution in [2.24, 2.45) is 5.92 Å². The monoisotopic (exact) mass is 593 g/mol. The summed E-state index contributed by atoms with van der Waals surface area (Å²) in [6.45, 7) is 18.2. The molecule has 0 aliphatic heterocycles. The summed E-state index contributed by atoms with van der Waals surface area (Å²) in [6.07, 6.45) is 6.78. The fourth-order valence-electron chi connectivity index (χ4n) is 5.16. The smallest absolute Gasteiger partial charge is 0.242 e. The van der Waals surface area contributed by atoms with Crippen molar-refractivity contribution < 1.29 is 18.1 Å². The van der Waals surface area contributed by atoms with Crippen LogP contribution in [0.1, 0.15) is 105 Å². The average molecular weight is 594 g/mol. The number of nitrogens with zero attached hydrogens (tertiary/aromatic N) is 1. The summed E-state index contributed by atoms with van der Waals surface area (Å²) >= 11 is -1.40. The van der Waals surface area contributed by atoms with Crippen molar-refractivity contribution in [2.45, 2.75) is 134 Å². The van der Waals surface area contributed by atoms with Gasteiger partial charge < -0.3 is 14.2 Å². The summed E-state index contributed by atoms with van der Waals surface area (Å²) in [5.74, 6) is 0.493. The van der Waals surface area contributed by atoms with Crippen LogP contribution >= 0.6 is 0 Å². The lowest BCUT2D eigenvalue weighted by atomic mass is 9.85. The molecular weight excluding hydrogens is 542 g/mol. The van der Waals surface area contributed by atoms with E-state index in [0.29, 0.717) is 11.6 Å². The molecule has 1 heterocycles. The minimum Gasteiger partial charge on any atom is -0.593 e. The Labute approximate surface area is 245 Å². The third kappa shape index (κ3) is 8.35. The molecule has 226 valence electrons. The summed E-state index contributed by atoms with van der Waals surface area (Å²) in [4.78, 5) is 0.985. The average Bonchev–Trinajstić information content (AvgIpc) is 3.18. The number of hydrogen-bond acceptors (Lipinski definition) is 5. The van der Waals surface area contributed by atoms with Crippen molar-refractivity contribution in [3.05, 3.63) is 35.5 Å². The molecule has 0 amide bonds. The number of aromatic nitrogens is 1. The van der Waals surface area contributed by atoms with Gasteiger partial charge in [-0.1, -0.05) is 47.0 Å². The van der Waals surface area contributed by atoms with Gasteiger partial charge in [0.1, 0.15) is 4.90 Å². The van der Waals surface area contributed by atoms with Crippen LogP contribution in [0.4, 0.5) is 0 Å². The number of benzene rings is 1. The predicted octanol–water partition coefficient (Wildman–Crippen LogP) is 6.19. The molecular formula is C31H51N3O4S2. The highest BCUT2D eigenvalue weighted by atomic mass is 32.2. The topological polar surface area (TPSA) is 106 Å². The van der Waals surface area contributed by atoms with Gasteiger partial charge in [-0.25, -0.2) is 13.1 Å². The second-order valence-corrected chi connectivity index (χ2v) is 16.7. The van der Waals surface area contributed by atoms with E-state index in [1.54, 1.807) is 19.9 Å². The maximum Gasteiger partial charge on any atom is 0.242 e. The van der Waals surface area contributed by atoms with Crippen LogP contribution in [0.5, 0.6) is 0 Å². The first-order chi connectivity index (χ1) is 18.3. The number of sulfonamides is 1. The first-order valence-electron chi connectivity index (χ1n) is 14.6. The van der Waals surface area contributed by atoms with Crippen LogP contribution in [0.2, 0.25) is 0 Å². The van der Waals surface area contributed by atoms with Gasteiger partial charge in [-0.3, -0.25) is 0 Å². The largest absolute Gasteiger partial charge is 0.593 e. The van der Waals surface area contributed by atoms with Crippen molar-refractivity contribution in [3.63, 3.8) is 0 Å². The zero-order chi connectivity index (χ0) is 30.1. The van der Waals surface area contributed by atoms with Crippen molar-refractivity contribution in [2.75, 3.05) is 6.54 Å². The standard InChI is InChI=1S/C31H51N3O4S2/c1-10-30(6,7)33-39(36)27-17-16-24(18-25(27)29(3,4)5)26-19-28(40(37,38)32-21-31(8,9)35)22(2)34(26)20-23-14-12-11-13-15-23/h16-19,23,32-33,35H,10-15,20-21H2,1-9H3. The van der Waals surface area contributed by atoms with Crippen LogP contribution in [0, 0.1) is 12.8 Å². The molecule has 2 aromatic rings. The quantitative estimate of drug-likeness (QED) is 0.269. The highest BCUT2D eigenvalue weighted by molar-refractivity contribution is 7.89.